The van der Waals surface area contributed by atoms with Gasteiger partial charge in [-0.2, -0.15) is 0 Å². The van der Waals surface area contributed by atoms with Crippen LogP contribution in [0.3, 0.4) is 0 Å². The molecular weight excluding hydrogens is 490 g/mol. The van der Waals surface area contributed by atoms with Gasteiger partial charge >= 0.3 is 5.97 Å². The first-order valence-corrected chi connectivity index (χ1v) is 13.7. The van der Waals surface area contributed by atoms with Crippen LogP contribution in [0.25, 0.3) is 0 Å². The minimum absolute atomic E-state index is 0.0927. The number of likely N-dealkylation sites (tertiary alicyclic amines) is 1. The zero-order valence-corrected chi connectivity index (χ0v) is 23.5. The highest BCUT2D eigenvalue weighted by Crippen LogP contribution is 2.36. The SMILES string of the molecule is COc1ccc(CCC(C)OC(=O)C2CCCCN2C(=O)C(=O)C2(O)OC(C(C)C)CCC2C)cc1OC. The van der Waals surface area contributed by atoms with E-state index in [0.717, 1.165) is 12.0 Å². The summed E-state index contributed by atoms with van der Waals surface area (Å²) in [7, 11) is 3.16. The number of aryl methyl sites for hydroxylation is 1. The van der Waals surface area contributed by atoms with E-state index in [1.165, 1.54) is 4.90 Å². The van der Waals surface area contributed by atoms with Crippen molar-refractivity contribution >= 4 is 17.7 Å². The van der Waals surface area contributed by atoms with Crippen LogP contribution in [0, 0.1) is 11.8 Å². The lowest BCUT2D eigenvalue weighted by Crippen LogP contribution is -2.61. The molecule has 1 aromatic rings. The van der Waals surface area contributed by atoms with E-state index in [1.807, 2.05) is 39.0 Å². The third kappa shape index (κ3) is 6.67. The fraction of sp³-hybridized carbons (Fsp3) is 0.690. The summed E-state index contributed by atoms with van der Waals surface area (Å²) in [6.45, 7) is 7.68. The predicted octanol–water partition coefficient (Wildman–Crippen LogP) is 3.68. The monoisotopic (exact) mass is 533 g/mol. The average Bonchev–Trinajstić information content (AvgIpc) is 2.92. The molecule has 5 atom stereocenters. The van der Waals surface area contributed by atoms with Crippen LogP contribution >= 0.6 is 0 Å². The zero-order chi connectivity index (χ0) is 28.0. The van der Waals surface area contributed by atoms with Crippen LogP contribution in [0.5, 0.6) is 11.5 Å². The second-order valence-electron chi connectivity index (χ2n) is 10.9. The smallest absolute Gasteiger partial charge is 0.329 e. The minimum atomic E-state index is -2.19. The first-order chi connectivity index (χ1) is 18.0. The van der Waals surface area contributed by atoms with Crippen LogP contribution < -0.4 is 9.47 Å². The molecule has 2 heterocycles. The number of hydrogen-bond donors (Lipinski definition) is 1. The second-order valence-corrected chi connectivity index (χ2v) is 10.9. The number of methoxy groups -OCH3 is 2. The van der Waals surface area contributed by atoms with Gasteiger partial charge in [0, 0.05) is 12.5 Å². The van der Waals surface area contributed by atoms with Gasteiger partial charge in [-0.3, -0.25) is 9.59 Å². The van der Waals surface area contributed by atoms with E-state index in [2.05, 4.69) is 0 Å². The third-order valence-corrected chi connectivity index (χ3v) is 7.79. The summed E-state index contributed by atoms with van der Waals surface area (Å²) < 4.78 is 22.2. The Hall–Kier alpha value is -2.65. The Morgan fingerprint density at radius 3 is 2.45 bits per heavy atom. The van der Waals surface area contributed by atoms with Crippen molar-refractivity contribution in [2.24, 2.45) is 11.8 Å². The van der Waals surface area contributed by atoms with Crippen LogP contribution in [0.1, 0.15) is 71.8 Å². The number of aliphatic hydroxyl groups is 1. The van der Waals surface area contributed by atoms with Gasteiger partial charge < -0.3 is 29.0 Å². The van der Waals surface area contributed by atoms with Gasteiger partial charge in [-0.05, 0) is 75.5 Å². The lowest BCUT2D eigenvalue weighted by molar-refractivity contribution is -0.269. The van der Waals surface area contributed by atoms with Crippen molar-refractivity contribution in [3.63, 3.8) is 0 Å². The molecule has 38 heavy (non-hydrogen) atoms. The van der Waals surface area contributed by atoms with E-state index in [9.17, 15) is 19.5 Å². The van der Waals surface area contributed by atoms with Gasteiger partial charge in [0.2, 0.25) is 5.79 Å². The molecule has 1 N–H and O–H groups in total. The lowest BCUT2D eigenvalue weighted by Gasteiger charge is -2.43. The number of ether oxygens (including phenoxy) is 4. The van der Waals surface area contributed by atoms with Crippen molar-refractivity contribution in [2.75, 3.05) is 20.8 Å². The molecule has 0 saturated carbocycles. The minimum Gasteiger partial charge on any atom is -0.493 e. The fourth-order valence-corrected chi connectivity index (χ4v) is 5.21. The first kappa shape index (κ1) is 29.9. The van der Waals surface area contributed by atoms with Crippen molar-refractivity contribution in [1.82, 2.24) is 4.90 Å². The number of amides is 1. The van der Waals surface area contributed by atoms with Crippen molar-refractivity contribution in [3.8, 4) is 11.5 Å². The predicted molar refractivity (Wildman–Crippen MR) is 141 cm³/mol. The number of ketones is 1. The Morgan fingerprint density at radius 2 is 1.79 bits per heavy atom. The molecule has 0 spiro atoms. The Labute approximate surface area is 225 Å². The molecule has 0 bridgehead atoms. The van der Waals surface area contributed by atoms with E-state index < -0.39 is 41.5 Å². The summed E-state index contributed by atoms with van der Waals surface area (Å²) in [6, 6.07) is 4.80. The Balaban J connectivity index is 1.64. The van der Waals surface area contributed by atoms with Crippen molar-refractivity contribution < 1.29 is 38.4 Å². The standard InChI is InChI=1S/C29H43NO8/c1-18(2)23-14-10-19(3)29(34,38-23)26(31)27(32)30-16-8-7-9-22(30)28(33)37-20(4)11-12-21-13-15-24(35-5)25(17-21)36-6/h13,15,17-20,22-23,34H,7-12,14,16H2,1-6H3. The summed E-state index contributed by atoms with van der Waals surface area (Å²) in [4.78, 5) is 41.1. The molecule has 1 amide bonds. The maximum absolute atomic E-state index is 13.4. The quantitative estimate of drug-likeness (QED) is 0.358. The lowest BCUT2D eigenvalue weighted by atomic mass is 9.84. The van der Waals surface area contributed by atoms with E-state index in [0.29, 0.717) is 50.0 Å². The summed E-state index contributed by atoms with van der Waals surface area (Å²) in [5.74, 6) is -3.77. The summed E-state index contributed by atoms with van der Waals surface area (Å²) in [5, 5.41) is 11.2. The van der Waals surface area contributed by atoms with Crippen LogP contribution in [-0.2, 0) is 30.3 Å². The molecule has 2 aliphatic rings. The first-order valence-electron chi connectivity index (χ1n) is 13.7. The van der Waals surface area contributed by atoms with Gasteiger partial charge in [-0.25, -0.2) is 4.79 Å². The zero-order valence-electron chi connectivity index (χ0n) is 23.5. The molecule has 9 nitrogen and oxygen atoms in total. The molecule has 0 aromatic heterocycles. The average molecular weight is 534 g/mol. The number of rotatable bonds is 10. The number of esters is 1. The van der Waals surface area contributed by atoms with Crippen LogP contribution in [0.2, 0.25) is 0 Å². The van der Waals surface area contributed by atoms with Gasteiger partial charge in [0.25, 0.3) is 11.7 Å². The van der Waals surface area contributed by atoms with Crippen molar-refractivity contribution in [1.29, 1.82) is 0 Å². The van der Waals surface area contributed by atoms with E-state index >= 15 is 0 Å². The van der Waals surface area contributed by atoms with Gasteiger partial charge in [0.05, 0.1) is 26.4 Å². The Bertz CT molecular complexity index is 995. The highest BCUT2D eigenvalue weighted by molar-refractivity contribution is 6.39. The summed E-state index contributed by atoms with van der Waals surface area (Å²) in [6.07, 6.45) is 3.60. The Morgan fingerprint density at radius 1 is 1.08 bits per heavy atom. The maximum atomic E-state index is 13.4. The summed E-state index contributed by atoms with van der Waals surface area (Å²) in [5.41, 5.74) is 1.01. The molecule has 2 fully saturated rings. The highest BCUT2D eigenvalue weighted by Gasteiger charge is 2.53. The van der Waals surface area contributed by atoms with Crippen LogP contribution in [-0.4, -0.2) is 72.5 Å². The van der Waals surface area contributed by atoms with Gasteiger partial charge in [0.15, 0.2) is 11.5 Å². The van der Waals surface area contributed by atoms with E-state index in [4.69, 9.17) is 18.9 Å². The topological polar surface area (TPSA) is 112 Å². The molecule has 5 unspecified atom stereocenters. The maximum Gasteiger partial charge on any atom is 0.329 e. The fourth-order valence-electron chi connectivity index (χ4n) is 5.21. The van der Waals surface area contributed by atoms with Crippen LogP contribution in [0.4, 0.5) is 0 Å². The molecule has 1 aromatic carbocycles. The number of nitrogens with zero attached hydrogens (tertiary/aromatic N) is 1. The van der Waals surface area contributed by atoms with E-state index in [-0.39, 0.29) is 18.6 Å². The largest absolute Gasteiger partial charge is 0.493 e. The number of Topliss-reactive ketones (excluding diaryl/α,β-unsaturated/α-hetero) is 1. The number of benzene rings is 1. The molecule has 2 saturated heterocycles. The molecule has 0 radical (unpaired) electrons. The second kappa shape index (κ2) is 12.9. The van der Waals surface area contributed by atoms with Gasteiger partial charge in [0.1, 0.15) is 6.04 Å². The number of carbonyl (C=O) groups is 3. The molecule has 2 aliphatic heterocycles. The van der Waals surface area contributed by atoms with Gasteiger partial charge in [-0.1, -0.05) is 26.8 Å². The highest BCUT2D eigenvalue weighted by atomic mass is 16.6. The molecule has 212 valence electrons. The Kier molecular flexibility index (Phi) is 10.2. The van der Waals surface area contributed by atoms with E-state index in [1.54, 1.807) is 21.1 Å². The van der Waals surface area contributed by atoms with Crippen LogP contribution in [0.15, 0.2) is 18.2 Å². The normalized spacial score (nSPS) is 26.5. The van der Waals surface area contributed by atoms with Crippen molar-refractivity contribution in [2.45, 2.75) is 96.7 Å². The number of piperidine rings is 1. The molecular formula is C29H43NO8. The third-order valence-electron chi connectivity index (χ3n) is 7.79. The molecule has 3 rings (SSSR count). The molecule has 0 aliphatic carbocycles. The van der Waals surface area contributed by atoms with Crippen molar-refractivity contribution in [3.05, 3.63) is 23.8 Å². The number of carbonyl (C=O) groups excluding carboxylic acids is 3. The van der Waals surface area contributed by atoms with Gasteiger partial charge in [-0.15, -0.1) is 0 Å². The summed E-state index contributed by atoms with van der Waals surface area (Å²) >= 11 is 0. The molecule has 9 heteroatoms. The number of hydrogen-bond acceptors (Lipinski definition) is 8.